The third-order valence-electron chi connectivity index (χ3n) is 6.03. The van der Waals surface area contributed by atoms with Gasteiger partial charge >= 0.3 is 0 Å². The van der Waals surface area contributed by atoms with Gasteiger partial charge in [-0.15, -0.1) is 0 Å². The number of hydrogen-bond acceptors (Lipinski definition) is 0. The molecule has 0 saturated heterocycles. The summed E-state index contributed by atoms with van der Waals surface area (Å²) >= 11 is 0. The Morgan fingerprint density at radius 2 is 1.60 bits per heavy atom. The molecule has 2 unspecified atom stereocenters. The van der Waals surface area contributed by atoms with Crippen LogP contribution in [0.5, 0.6) is 0 Å². The van der Waals surface area contributed by atoms with Crippen molar-refractivity contribution in [3.8, 4) is 0 Å². The summed E-state index contributed by atoms with van der Waals surface area (Å²) in [6, 6.07) is 0. The molecule has 0 amide bonds. The lowest BCUT2D eigenvalue weighted by atomic mass is 9.73. The molecule has 0 aromatic heterocycles. The van der Waals surface area contributed by atoms with Gasteiger partial charge in [0, 0.05) is 0 Å². The first-order chi connectivity index (χ1) is 9.92. The van der Waals surface area contributed by atoms with E-state index in [-0.39, 0.29) is 0 Å². The van der Waals surface area contributed by atoms with Gasteiger partial charge in [0.05, 0.1) is 0 Å². The van der Waals surface area contributed by atoms with Gasteiger partial charge in [-0.1, -0.05) is 56.4 Å². The Bertz CT molecular complexity index is 324. The summed E-state index contributed by atoms with van der Waals surface area (Å²) in [4.78, 5) is 0. The molecule has 0 aromatic rings. The first-order valence-electron chi connectivity index (χ1n) is 9.23. The van der Waals surface area contributed by atoms with E-state index in [2.05, 4.69) is 24.3 Å². The van der Waals surface area contributed by atoms with Gasteiger partial charge in [-0.2, -0.15) is 0 Å². The Kier molecular flexibility index (Phi) is 5.39. The lowest BCUT2D eigenvalue weighted by molar-refractivity contribution is 0.205. The third-order valence-corrected chi connectivity index (χ3v) is 6.03. The molecule has 0 nitrogen and oxygen atoms in total. The third kappa shape index (κ3) is 3.99. The monoisotopic (exact) mass is 272 g/mol. The summed E-state index contributed by atoms with van der Waals surface area (Å²) in [5.74, 6) is 3.94. The highest BCUT2D eigenvalue weighted by Gasteiger charge is 2.28. The number of rotatable bonds is 5. The van der Waals surface area contributed by atoms with E-state index in [4.69, 9.17) is 0 Å². The van der Waals surface area contributed by atoms with Gasteiger partial charge in [0.2, 0.25) is 0 Å². The van der Waals surface area contributed by atoms with Crippen LogP contribution in [0.15, 0.2) is 24.3 Å². The molecule has 1 fully saturated rings. The van der Waals surface area contributed by atoms with Crippen LogP contribution in [-0.4, -0.2) is 0 Å². The fourth-order valence-corrected chi connectivity index (χ4v) is 4.82. The van der Waals surface area contributed by atoms with Gasteiger partial charge in [0.25, 0.3) is 0 Å². The normalized spacial score (nSPS) is 29.9. The Morgan fingerprint density at radius 3 is 2.30 bits per heavy atom. The van der Waals surface area contributed by atoms with Crippen LogP contribution in [0.4, 0.5) is 0 Å². The first-order valence-corrected chi connectivity index (χ1v) is 9.23. The van der Waals surface area contributed by atoms with Crippen LogP contribution in [0.3, 0.4) is 0 Å². The molecular formula is C20H32. The summed E-state index contributed by atoms with van der Waals surface area (Å²) in [6.45, 7) is 0. The second-order valence-electron chi connectivity index (χ2n) is 7.56. The van der Waals surface area contributed by atoms with Crippen molar-refractivity contribution in [1.82, 2.24) is 0 Å². The predicted octanol–water partition coefficient (Wildman–Crippen LogP) is 6.29. The van der Waals surface area contributed by atoms with Crippen LogP contribution >= 0.6 is 0 Å². The maximum Gasteiger partial charge on any atom is -0.0231 e. The Hall–Kier alpha value is -0.520. The molecule has 0 spiro atoms. The largest absolute Gasteiger partial charge is 0.0883 e. The Labute approximate surface area is 125 Å². The highest BCUT2D eigenvalue weighted by atomic mass is 14.3. The van der Waals surface area contributed by atoms with E-state index in [1.165, 1.54) is 77.0 Å². The molecule has 20 heavy (non-hydrogen) atoms. The van der Waals surface area contributed by atoms with E-state index in [0.29, 0.717) is 0 Å². The lowest BCUT2D eigenvalue weighted by Gasteiger charge is -2.32. The van der Waals surface area contributed by atoms with Gasteiger partial charge < -0.3 is 0 Å². The second-order valence-corrected chi connectivity index (χ2v) is 7.56. The standard InChI is InChI=1S/C20H32/c1-3-9-17(10-4-1)15-20(19-13-7-8-14-19)16-18-11-5-2-6-12-18/h3,7-9,17-20H,1-2,4-6,10-16H2. The molecule has 0 heterocycles. The van der Waals surface area contributed by atoms with Crippen LogP contribution in [0.2, 0.25) is 0 Å². The molecule has 0 aromatic carbocycles. The molecule has 0 aliphatic heterocycles. The quantitative estimate of drug-likeness (QED) is 0.516. The molecular weight excluding hydrogens is 240 g/mol. The molecule has 2 atom stereocenters. The molecule has 3 aliphatic rings. The summed E-state index contributed by atoms with van der Waals surface area (Å²) in [6.07, 6.45) is 27.4. The van der Waals surface area contributed by atoms with Crippen LogP contribution in [0.25, 0.3) is 0 Å². The van der Waals surface area contributed by atoms with Crippen molar-refractivity contribution >= 4 is 0 Å². The van der Waals surface area contributed by atoms with Crippen molar-refractivity contribution < 1.29 is 0 Å². The topological polar surface area (TPSA) is 0 Å². The fourth-order valence-electron chi connectivity index (χ4n) is 4.82. The van der Waals surface area contributed by atoms with Gasteiger partial charge in [-0.05, 0) is 68.6 Å². The van der Waals surface area contributed by atoms with Crippen molar-refractivity contribution in [3.05, 3.63) is 24.3 Å². The highest BCUT2D eigenvalue weighted by Crippen LogP contribution is 2.40. The van der Waals surface area contributed by atoms with Gasteiger partial charge in [-0.3, -0.25) is 0 Å². The van der Waals surface area contributed by atoms with E-state index in [1.54, 1.807) is 0 Å². The van der Waals surface area contributed by atoms with Crippen LogP contribution in [0.1, 0.15) is 77.0 Å². The molecule has 3 aliphatic carbocycles. The van der Waals surface area contributed by atoms with Crippen molar-refractivity contribution in [3.63, 3.8) is 0 Å². The van der Waals surface area contributed by atoms with E-state index in [0.717, 1.165) is 23.7 Å². The minimum atomic E-state index is 0.901. The van der Waals surface area contributed by atoms with E-state index >= 15 is 0 Å². The summed E-state index contributed by atoms with van der Waals surface area (Å²) < 4.78 is 0. The summed E-state index contributed by atoms with van der Waals surface area (Å²) in [5, 5.41) is 0. The zero-order valence-electron chi connectivity index (χ0n) is 13.1. The highest BCUT2D eigenvalue weighted by molar-refractivity contribution is 4.99. The maximum absolute atomic E-state index is 2.54. The summed E-state index contributed by atoms with van der Waals surface area (Å²) in [5.41, 5.74) is 0. The van der Waals surface area contributed by atoms with Gasteiger partial charge in [0.1, 0.15) is 0 Å². The van der Waals surface area contributed by atoms with E-state index < -0.39 is 0 Å². The zero-order chi connectivity index (χ0) is 13.6. The molecule has 0 heteroatoms. The number of allylic oxidation sites excluding steroid dienone is 4. The lowest BCUT2D eigenvalue weighted by Crippen LogP contribution is -2.21. The van der Waals surface area contributed by atoms with Crippen molar-refractivity contribution in [2.75, 3.05) is 0 Å². The molecule has 0 bridgehead atoms. The van der Waals surface area contributed by atoms with E-state index in [9.17, 15) is 0 Å². The maximum atomic E-state index is 2.54. The van der Waals surface area contributed by atoms with Crippen LogP contribution < -0.4 is 0 Å². The molecule has 1 saturated carbocycles. The van der Waals surface area contributed by atoms with Crippen molar-refractivity contribution in [1.29, 1.82) is 0 Å². The molecule has 0 N–H and O–H groups in total. The Balaban J connectivity index is 1.57. The molecule has 0 radical (unpaired) electrons. The first kappa shape index (κ1) is 14.4. The minimum Gasteiger partial charge on any atom is -0.0883 e. The van der Waals surface area contributed by atoms with Crippen molar-refractivity contribution in [2.24, 2.45) is 23.7 Å². The van der Waals surface area contributed by atoms with Crippen LogP contribution in [-0.2, 0) is 0 Å². The second kappa shape index (κ2) is 7.48. The van der Waals surface area contributed by atoms with Gasteiger partial charge in [-0.25, -0.2) is 0 Å². The average molecular weight is 272 g/mol. The minimum absolute atomic E-state index is 0.901. The predicted molar refractivity (Wildman–Crippen MR) is 87.6 cm³/mol. The van der Waals surface area contributed by atoms with Crippen LogP contribution in [0, 0.1) is 23.7 Å². The number of hydrogen-bond donors (Lipinski definition) is 0. The fraction of sp³-hybridized carbons (Fsp3) is 0.800. The summed E-state index contributed by atoms with van der Waals surface area (Å²) in [7, 11) is 0. The average Bonchev–Trinajstić information content (AvgIpc) is 3.03. The smallest absolute Gasteiger partial charge is 0.0231 e. The van der Waals surface area contributed by atoms with Gasteiger partial charge in [0.15, 0.2) is 0 Å². The molecule has 112 valence electrons. The van der Waals surface area contributed by atoms with Crippen molar-refractivity contribution in [2.45, 2.75) is 77.0 Å². The Morgan fingerprint density at radius 1 is 0.800 bits per heavy atom. The SMILES string of the molecule is C1=CC(CC(CC2CCCCC2)C2CC=CC2)CCC1. The zero-order valence-corrected chi connectivity index (χ0v) is 13.1. The van der Waals surface area contributed by atoms with E-state index in [1.807, 2.05) is 0 Å². The molecule has 3 rings (SSSR count).